The first-order valence-corrected chi connectivity index (χ1v) is 13.0. The van der Waals surface area contributed by atoms with Crippen LogP contribution in [0.2, 0.25) is 5.02 Å². The second-order valence-corrected chi connectivity index (χ2v) is 10.6. The van der Waals surface area contributed by atoms with E-state index in [1.54, 1.807) is 6.07 Å². The number of anilines is 1. The lowest BCUT2D eigenvalue weighted by atomic mass is 10.1. The molecule has 11 heteroatoms. The maximum absolute atomic E-state index is 12.1. The minimum atomic E-state index is -1.06. The highest BCUT2D eigenvalue weighted by molar-refractivity contribution is 7.99. The Hall–Kier alpha value is -3.37. The SMILES string of the molecule is CCc1[nH]c2nc(Sc3ccc4ccc(C(=O)O)nc4c3)nc(N3CC(NC(=O)C4CC4)C3)c2c1Cl. The number of rotatable bonds is 7. The Kier molecular flexibility index (Phi) is 5.72. The van der Waals surface area contributed by atoms with Crippen LogP contribution in [0.4, 0.5) is 5.82 Å². The average molecular weight is 523 g/mol. The molecule has 0 unspecified atom stereocenters. The van der Waals surface area contributed by atoms with E-state index in [2.05, 4.69) is 20.2 Å². The maximum Gasteiger partial charge on any atom is 0.354 e. The number of benzene rings is 1. The van der Waals surface area contributed by atoms with E-state index in [4.69, 9.17) is 21.6 Å². The number of aryl methyl sites for hydroxylation is 1. The van der Waals surface area contributed by atoms with Gasteiger partial charge in [-0.15, -0.1) is 0 Å². The van der Waals surface area contributed by atoms with E-state index in [-0.39, 0.29) is 23.6 Å². The van der Waals surface area contributed by atoms with Crippen LogP contribution in [0.15, 0.2) is 40.4 Å². The molecule has 4 heterocycles. The smallest absolute Gasteiger partial charge is 0.354 e. The molecule has 36 heavy (non-hydrogen) atoms. The number of carbonyl (C=O) groups is 2. The number of fused-ring (bicyclic) bond motifs is 2. The van der Waals surface area contributed by atoms with Crippen molar-refractivity contribution < 1.29 is 14.7 Å². The third kappa shape index (κ3) is 4.24. The van der Waals surface area contributed by atoms with Crippen molar-refractivity contribution >= 4 is 63.0 Å². The van der Waals surface area contributed by atoms with Gasteiger partial charge in [-0.1, -0.05) is 30.7 Å². The lowest BCUT2D eigenvalue weighted by molar-refractivity contribution is -0.123. The zero-order chi connectivity index (χ0) is 25.0. The van der Waals surface area contributed by atoms with Crippen LogP contribution in [0.5, 0.6) is 0 Å². The summed E-state index contributed by atoms with van der Waals surface area (Å²) >= 11 is 8.08. The first-order valence-electron chi connectivity index (χ1n) is 11.8. The van der Waals surface area contributed by atoms with Crippen LogP contribution in [0.1, 0.15) is 35.9 Å². The third-order valence-corrected chi connectivity index (χ3v) is 7.82. The molecule has 0 spiro atoms. The van der Waals surface area contributed by atoms with Gasteiger partial charge in [-0.05, 0) is 49.2 Å². The number of nitrogens with zero attached hydrogens (tertiary/aromatic N) is 4. The highest BCUT2D eigenvalue weighted by atomic mass is 35.5. The molecule has 1 aromatic carbocycles. The number of hydrogen-bond donors (Lipinski definition) is 3. The van der Waals surface area contributed by atoms with Crippen LogP contribution < -0.4 is 10.2 Å². The summed E-state index contributed by atoms with van der Waals surface area (Å²) in [6.07, 6.45) is 2.70. The van der Waals surface area contributed by atoms with E-state index in [0.717, 1.165) is 46.4 Å². The standard InChI is InChI=1S/C25H23ClN6O3S/c1-2-16-20(26)19-21(29-16)30-25(31-22(19)32-10-14(11-32)27-23(33)13-3-4-13)36-15-7-5-12-6-8-17(24(34)35)28-18(12)9-15/h5-9,13-14H,2-4,10-11H2,1H3,(H,27,33)(H,34,35)(H,29,30,31). The molecule has 1 saturated heterocycles. The first kappa shape index (κ1) is 23.1. The fourth-order valence-electron chi connectivity index (χ4n) is 4.38. The molecule has 1 aliphatic heterocycles. The zero-order valence-corrected chi connectivity index (χ0v) is 21.0. The summed E-state index contributed by atoms with van der Waals surface area (Å²) in [5, 5.41) is 15.2. The quantitative estimate of drug-likeness (QED) is 0.307. The summed E-state index contributed by atoms with van der Waals surface area (Å²) in [7, 11) is 0. The Balaban J connectivity index is 1.31. The van der Waals surface area contributed by atoms with E-state index < -0.39 is 5.97 Å². The fraction of sp³-hybridized carbons (Fsp3) is 0.320. The number of amides is 1. The van der Waals surface area contributed by atoms with Gasteiger partial charge in [0.15, 0.2) is 5.16 Å². The predicted octanol–water partition coefficient (Wildman–Crippen LogP) is 4.29. The Morgan fingerprint density at radius 1 is 1.19 bits per heavy atom. The summed E-state index contributed by atoms with van der Waals surface area (Å²) in [5.74, 6) is 0.00654. The molecular weight excluding hydrogens is 500 g/mol. The number of halogens is 1. The lowest BCUT2D eigenvalue weighted by Gasteiger charge is -2.40. The molecule has 0 atom stereocenters. The van der Waals surface area contributed by atoms with E-state index in [1.807, 2.05) is 25.1 Å². The van der Waals surface area contributed by atoms with Crippen LogP contribution in [0.25, 0.3) is 21.9 Å². The summed E-state index contributed by atoms with van der Waals surface area (Å²) in [5.41, 5.74) is 2.16. The fourth-order valence-corrected chi connectivity index (χ4v) is 5.52. The molecule has 1 aliphatic carbocycles. The number of carboxylic acids is 1. The van der Waals surface area contributed by atoms with Gasteiger partial charge in [0.05, 0.1) is 22.0 Å². The van der Waals surface area contributed by atoms with Crippen molar-refractivity contribution in [2.75, 3.05) is 18.0 Å². The van der Waals surface area contributed by atoms with Gasteiger partial charge in [-0.2, -0.15) is 0 Å². The van der Waals surface area contributed by atoms with Gasteiger partial charge in [-0.3, -0.25) is 4.79 Å². The number of carboxylic acid groups (broad SMARTS) is 1. The molecule has 184 valence electrons. The second-order valence-electron chi connectivity index (χ2n) is 9.17. The van der Waals surface area contributed by atoms with Gasteiger partial charge in [-0.25, -0.2) is 19.7 Å². The zero-order valence-electron chi connectivity index (χ0n) is 19.4. The molecule has 2 aliphatic rings. The van der Waals surface area contributed by atoms with Crippen LogP contribution in [0.3, 0.4) is 0 Å². The molecule has 1 amide bonds. The van der Waals surface area contributed by atoms with Gasteiger partial charge >= 0.3 is 5.97 Å². The summed E-state index contributed by atoms with van der Waals surface area (Å²) < 4.78 is 0. The van der Waals surface area contributed by atoms with Gasteiger partial charge in [0.1, 0.15) is 17.2 Å². The molecule has 4 aromatic rings. The predicted molar refractivity (Wildman–Crippen MR) is 138 cm³/mol. The van der Waals surface area contributed by atoms with Crippen molar-refractivity contribution in [1.29, 1.82) is 0 Å². The van der Waals surface area contributed by atoms with Crippen LogP contribution >= 0.6 is 23.4 Å². The molecule has 9 nitrogen and oxygen atoms in total. The van der Waals surface area contributed by atoms with Gasteiger partial charge in [0.2, 0.25) is 5.91 Å². The molecular formula is C25H23ClN6O3S. The first-order chi connectivity index (χ1) is 17.4. The van der Waals surface area contributed by atoms with Crippen molar-refractivity contribution in [1.82, 2.24) is 25.3 Å². The highest BCUT2D eigenvalue weighted by Crippen LogP contribution is 2.38. The highest BCUT2D eigenvalue weighted by Gasteiger charge is 2.36. The normalized spacial score (nSPS) is 15.9. The molecule has 6 rings (SSSR count). The largest absolute Gasteiger partial charge is 0.477 e. The number of hydrogen-bond acceptors (Lipinski definition) is 7. The van der Waals surface area contributed by atoms with Crippen molar-refractivity contribution in [2.45, 2.75) is 42.3 Å². The molecule has 0 radical (unpaired) electrons. The van der Waals surface area contributed by atoms with Crippen molar-refractivity contribution in [2.24, 2.45) is 5.92 Å². The number of H-pyrrole nitrogens is 1. The van der Waals surface area contributed by atoms with Crippen LogP contribution in [-0.4, -0.2) is 56.1 Å². The Bertz CT molecular complexity index is 1530. The van der Waals surface area contributed by atoms with Crippen molar-refractivity contribution in [3.8, 4) is 0 Å². The van der Waals surface area contributed by atoms with E-state index in [9.17, 15) is 14.7 Å². The number of aromatic carboxylic acids is 1. The molecule has 2 fully saturated rings. The van der Waals surface area contributed by atoms with E-state index in [1.165, 1.54) is 17.8 Å². The van der Waals surface area contributed by atoms with E-state index in [0.29, 0.717) is 34.4 Å². The maximum atomic E-state index is 12.1. The van der Waals surface area contributed by atoms with Crippen molar-refractivity contribution in [3.63, 3.8) is 0 Å². The summed E-state index contributed by atoms with van der Waals surface area (Å²) in [6, 6.07) is 9.02. The average Bonchev–Trinajstić information content (AvgIpc) is 3.64. The van der Waals surface area contributed by atoms with Gasteiger partial charge < -0.3 is 20.3 Å². The van der Waals surface area contributed by atoms with Crippen molar-refractivity contribution in [3.05, 3.63) is 46.7 Å². The topological polar surface area (TPSA) is 124 Å². The minimum absolute atomic E-state index is 0.00107. The Labute approximate surface area is 215 Å². The molecule has 0 bridgehead atoms. The molecule has 3 aromatic heterocycles. The van der Waals surface area contributed by atoms with E-state index >= 15 is 0 Å². The number of aromatic nitrogens is 4. The summed E-state index contributed by atoms with van der Waals surface area (Å²) in [6.45, 7) is 3.35. The summed E-state index contributed by atoms with van der Waals surface area (Å²) in [4.78, 5) is 43.6. The number of nitrogens with one attached hydrogen (secondary N) is 2. The second kappa shape index (κ2) is 8.94. The lowest BCUT2D eigenvalue weighted by Crippen LogP contribution is -2.60. The van der Waals surface area contributed by atoms with Crippen LogP contribution in [0, 0.1) is 5.92 Å². The molecule has 3 N–H and O–H groups in total. The Morgan fingerprint density at radius 2 is 1.97 bits per heavy atom. The molecule has 1 saturated carbocycles. The van der Waals surface area contributed by atoms with Gasteiger partial charge in [0, 0.05) is 35.0 Å². The van der Waals surface area contributed by atoms with Gasteiger partial charge in [0.25, 0.3) is 0 Å². The minimum Gasteiger partial charge on any atom is -0.477 e. The Morgan fingerprint density at radius 3 is 2.69 bits per heavy atom. The number of carbonyl (C=O) groups excluding carboxylic acids is 1. The number of aromatic amines is 1. The number of pyridine rings is 1. The van der Waals surface area contributed by atoms with Crippen LogP contribution in [-0.2, 0) is 11.2 Å². The third-order valence-electron chi connectivity index (χ3n) is 6.54. The monoisotopic (exact) mass is 522 g/mol.